The molecule has 0 aliphatic heterocycles. The molecule has 2 rings (SSSR count). The van der Waals surface area contributed by atoms with Crippen LogP contribution < -0.4 is 10.6 Å². The minimum absolute atomic E-state index is 0.0103. The van der Waals surface area contributed by atoms with Gasteiger partial charge in [0.25, 0.3) is 0 Å². The summed E-state index contributed by atoms with van der Waals surface area (Å²) in [4.78, 5) is 16.3. The molecule has 7 nitrogen and oxygen atoms in total. The van der Waals surface area contributed by atoms with E-state index in [0.29, 0.717) is 18.2 Å². The van der Waals surface area contributed by atoms with Crippen molar-refractivity contribution >= 4 is 6.03 Å². The fourth-order valence-electron chi connectivity index (χ4n) is 2.77. The van der Waals surface area contributed by atoms with E-state index in [4.69, 9.17) is 9.63 Å². The number of aromatic nitrogens is 2. The smallest absolute Gasteiger partial charge is 0.315 e. The Morgan fingerprint density at radius 2 is 2.09 bits per heavy atom. The third-order valence-electron chi connectivity index (χ3n) is 4.07. The number of rotatable bonds is 7. The highest BCUT2D eigenvalue weighted by molar-refractivity contribution is 5.74. The fourth-order valence-corrected chi connectivity index (χ4v) is 2.77. The maximum absolute atomic E-state index is 11.9. The van der Waals surface area contributed by atoms with E-state index < -0.39 is 0 Å². The molecule has 1 heterocycles. The maximum atomic E-state index is 11.9. The highest BCUT2D eigenvalue weighted by Gasteiger charge is 2.24. The average molecular weight is 310 g/mol. The predicted octanol–water partition coefficient (Wildman–Crippen LogP) is 2.25. The maximum Gasteiger partial charge on any atom is 0.315 e. The SMILES string of the molecule is CC(CCCO)NC(=O)NC(C)c1nc(C2CCCC2)no1. The van der Waals surface area contributed by atoms with Crippen LogP contribution in [-0.2, 0) is 0 Å². The van der Waals surface area contributed by atoms with E-state index in [0.717, 1.165) is 25.1 Å². The van der Waals surface area contributed by atoms with Crippen molar-refractivity contribution in [2.24, 2.45) is 0 Å². The molecule has 1 saturated carbocycles. The molecular weight excluding hydrogens is 284 g/mol. The second-order valence-electron chi connectivity index (χ2n) is 6.08. The van der Waals surface area contributed by atoms with Crippen molar-refractivity contribution in [3.8, 4) is 0 Å². The molecular formula is C15H26N4O3. The van der Waals surface area contributed by atoms with Gasteiger partial charge in [0.05, 0.1) is 0 Å². The van der Waals surface area contributed by atoms with Crippen molar-refractivity contribution in [3.05, 3.63) is 11.7 Å². The van der Waals surface area contributed by atoms with Crippen molar-refractivity contribution in [2.75, 3.05) is 6.61 Å². The first-order valence-corrected chi connectivity index (χ1v) is 8.11. The third-order valence-corrected chi connectivity index (χ3v) is 4.07. The standard InChI is InChI=1S/C15H26N4O3/c1-10(6-5-9-20)16-15(21)17-11(2)14-18-13(19-22-14)12-7-3-4-8-12/h10-12,20H,3-9H2,1-2H3,(H2,16,17,21). The first-order valence-electron chi connectivity index (χ1n) is 8.11. The lowest BCUT2D eigenvalue weighted by molar-refractivity contribution is 0.228. The molecule has 1 fully saturated rings. The van der Waals surface area contributed by atoms with Crippen molar-refractivity contribution in [3.63, 3.8) is 0 Å². The Balaban J connectivity index is 1.81. The second-order valence-corrected chi connectivity index (χ2v) is 6.08. The minimum Gasteiger partial charge on any atom is -0.396 e. The summed E-state index contributed by atoms with van der Waals surface area (Å²) in [7, 11) is 0. The molecule has 2 amide bonds. The lowest BCUT2D eigenvalue weighted by Crippen LogP contribution is -2.41. The van der Waals surface area contributed by atoms with Gasteiger partial charge in [-0.2, -0.15) is 4.98 Å². The Kier molecular flexibility index (Phi) is 6.18. The molecule has 7 heteroatoms. The number of carbonyl (C=O) groups excluding carboxylic acids is 1. The van der Waals surface area contributed by atoms with Gasteiger partial charge in [0.1, 0.15) is 6.04 Å². The molecule has 0 saturated heterocycles. The Labute approximate surface area is 130 Å². The van der Waals surface area contributed by atoms with Crippen LogP contribution in [0.2, 0.25) is 0 Å². The van der Waals surface area contributed by atoms with Crippen molar-refractivity contribution in [1.82, 2.24) is 20.8 Å². The Morgan fingerprint density at radius 1 is 1.36 bits per heavy atom. The van der Waals surface area contributed by atoms with E-state index in [2.05, 4.69) is 20.8 Å². The molecule has 1 aliphatic rings. The third kappa shape index (κ3) is 4.69. The van der Waals surface area contributed by atoms with Crippen LogP contribution in [0.25, 0.3) is 0 Å². The van der Waals surface area contributed by atoms with Crippen LogP contribution in [0.1, 0.15) is 76.0 Å². The van der Waals surface area contributed by atoms with Crippen LogP contribution in [-0.4, -0.2) is 33.9 Å². The first kappa shape index (κ1) is 16.7. The second kappa shape index (κ2) is 8.12. The van der Waals surface area contributed by atoms with Crippen LogP contribution in [0.5, 0.6) is 0 Å². The topological polar surface area (TPSA) is 100 Å². The van der Waals surface area contributed by atoms with Gasteiger partial charge in [-0.15, -0.1) is 0 Å². The number of amides is 2. The predicted molar refractivity (Wildman–Crippen MR) is 81.4 cm³/mol. The van der Waals surface area contributed by atoms with Gasteiger partial charge in [-0.1, -0.05) is 18.0 Å². The quantitative estimate of drug-likeness (QED) is 0.717. The summed E-state index contributed by atoms with van der Waals surface area (Å²) >= 11 is 0. The molecule has 0 bridgehead atoms. The molecule has 3 N–H and O–H groups in total. The highest BCUT2D eigenvalue weighted by atomic mass is 16.5. The fraction of sp³-hybridized carbons (Fsp3) is 0.800. The summed E-state index contributed by atoms with van der Waals surface area (Å²) in [6.07, 6.45) is 6.08. The molecule has 0 spiro atoms. The number of aliphatic hydroxyl groups excluding tert-OH is 1. The number of aliphatic hydroxyl groups is 1. The normalized spacial score (nSPS) is 18.1. The van der Waals surface area contributed by atoms with Crippen molar-refractivity contribution < 1.29 is 14.4 Å². The number of carbonyl (C=O) groups is 1. The van der Waals surface area contributed by atoms with Gasteiger partial charge in [-0.05, 0) is 39.5 Å². The zero-order chi connectivity index (χ0) is 15.9. The molecule has 1 aromatic heterocycles. The monoisotopic (exact) mass is 310 g/mol. The van der Waals surface area contributed by atoms with E-state index in [9.17, 15) is 4.79 Å². The molecule has 1 aromatic rings. The van der Waals surface area contributed by atoms with Crippen LogP contribution in [0.4, 0.5) is 4.79 Å². The van der Waals surface area contributed by atoms with Crippen LogP contribution in [0, 0.1) is 0 Å². The Morgan fingerprint density at radius 3 is 2.77 bits per heavy atom. The van der Waals surface area contributed by atoms with E-state index in [-0.39, 0.29) is 24.7 Å². The average Bonchev–Trinajstić information content (AvgIpc) is 3.14. The van der Waals surface area contributed by atoms with Gasteiger partial charge >= 0.3 is 6.03 Å². The molecule has 1 aliphatic carbocycles. The molecule has 0 aromatic carbocycles. The van der Waals surface area contributed by atoms with Gasteiger partial charge in [-0.3, -0.25) is 0 Å². The highest BCUT2D eigenvalue weighted by Crippen LogP contribution is 2.32. The summed E-state index contributed by atoms with van der Waals surface area (Å²) in [5.41, 5.74) is 0. The van der Waals surface area contributed by atoms with E-state index in [1.807, 2.05) is 13.8 Å². The lowest BCUT2D eigenvalue weighted by atomic mass is 10.1. The zero-order valence-corrected chi connectivity index (χ0v) is 13.3. The van der Waals surface area contributed by atoms with Crippen molar-refractivity contribution in [1.29, 1.82) is 0 Å². The number of urea groups is 1. The summed E-state index contributed by atoms with van der Waals surface area (Å²) < 4.78 is 5.27. The van der Waals surface area contributed by atoms with Crippen LogP contribution in [0.15, 0.2) is 4.52 Å². The van der Waals surface area contributed by atoms with E-state index >= 15 is 0 Å². The molecule has 2 unspecified atom stereocenters. The van der Waals surface area contributed by atoms with E-state index in [1.54, 1.807) is 0 Å². The Hall–Kier alpha value is -1.63. The van der Waals surface area contributed by atoms with Crippen molar-refractivity contribution in [2.45, 2.75) is 70.4 Å². The zero-order valence-electron chi connectivity index (χ0n) is 13.3. The molecule has 124 valence electrons. The van der Waals surface area contributed by atoms with Gasteiger partial charge in [0, 0.05) is 18.6 Å². The lowest BCUT2D eigenvalue weighted by Gasteiger charge is -2.16. The largest absolute Gasteiger partial charge is 0.396 e. The minimum atomic E-state index is -0.326. The molecule has 0 radical (unpaired) electrons. The summed E-state index contributed by atoms with van der Waals surface area (Å²) in [6.45, 7) is 3.87. The summed E-state index contributed by atoms with van der Waals surface area (Å²) in [5.74, 6) is 1.61. The number of hydrogen-bond donors (Lipinski definition) is 3. The Bertz CT molecular complexity index is 471. The first-order chi connectivity index (χ1) is 10.6. The van der Waals surface area contributed by atoms with Gasteiger partial charge in [0.15, 0.2) is 5.82 Å². The molecule has 2 atom stereocenters. The van der Waals surface area contributed by atoms with Gasteiger partial charge in [0.2, 0.25) is 5.89 Å². The summed E-state index contributed by atoms with van der Waals surface area (Å²) in [5, 5.41) is 18.4. The van der Waals surface area contributed by atoms with Crippen LogP contribution in [0.3, 0.4) is 0 Å². The summed E-state index contributed by atoms with van der Waals surface area (Å²) in [6, 6.07) is -0.581. The van der Waals surface area contributed by atoms with Gasteiger partial charge < -0.3 is 20.3 Å². The molecule has 22 heavy (non-hydrogen) atoms. The number of nitrogens with zero attached hydrogens (tertiary/aromatic N) is 2. The van der Waals surface area contributed by atoms with E-state index in [1.165, 1.54) is 12.8 Å². The number of nitrogens with one attached hydrogen (secondary N) is 2. The number of hydrogen-bond acceptors (Lipinski definition) is 5. The van der Waals surface area contributed by atoms with Gasteiger partial charge in [-0.25, -0.2) is 4.79 Å². The van der Waals surface area contributed by atoms with Crippen LogP contribution >= 0.6 is 0 Å².